The summed E-state index contributed by atoms with van der Waals surface area (Å²) in [6.45, 7) is 0.0984. The molecule has 8 nitrogen and oxygen atoms in total. The highest BCUT2D eigenvalue weighted by Gasteiger charge is 2.10. The number of anilines is 1. The van der Waals surface area contributed by atoms with E-state index in [1.807, 2.05) is 0 Å². The van der Waals surface area contributed by atoms with E-state index in [0.29, 0.717) is 22.3 Å². The van der Waals surface area contributed by atoms with Gasteiger partial charge in [-0.15, -0.1) is 0 Å². The van der Waals surface area contributed by atoms with Gasteiger partial charge in [-0.2, -0.15) is 0 Å². The Morgan fingerprint density at radius 3 is 2.58 bits per heavy atom. The van der Waals surface area contributed by atoms with Crippen LogP contribution in [-0.4, -0.2) is 20.4 Å². The quantitative estimate of drug-likeness (QED) is 0.499. The minimum atomic E-state index is -0.569. The van der Waals surface area contributed by atoms with Gasteiger partial charge in [0.15, 0.2) is 0 Å². The summed E-state index contributed by atoms with van der Waals surface area (Å²) in [5.41, 5.74) is -0.112. The molecular formula is C22H17FN4O4. The molecule has 2 N–H and O–H groups in total. The average molecular weight is 420 g/mol. The van der Waals surface area contributed by atoms with Crippen LogP contribution in [0.15, 0.2) is 76.4 Å². The molecule has 0 radical (unpaired) electrons. The molecule has 9 heteroatoms. The lowest BCUT2D eigenvalue weighted by Gasteiger charge is -2.10. The van der Waals surface area contributed by atoms with E-state index in [4.69, 9.17) is 4.74 Å². The number of amides is 1. The maximum Gasteiger partial charge on any atom is 0.328 e. The van der Waals surface area contributed by atoms with Gasteiger partial charge in [0.25, 0.3) is 5.56 Å². The summed E-state index contributed by atoms with van der Waals surface area (Å²) in [6.07, 6.45) is 1.45. The van der Waals surface area contributed by atoms with Crippen molar-refractivity contribution in [3.63, 3.8) is 0 Å². The van der Waals surface area contributed by atoms with Crippen molar-refractivity contribution in [2.24, 2.45) is 0 Å². The van der Waals surface area contributed by atoms with Crippen molar-refractivity contribution >= 4 is 22.5 Å². The molecule has 31 heavy (non-hydrogen) atoms. The molecule has 2 heterocycles. The van der Waals surface area contributed by atoms with Gasteiger partial charge in [-0.25, -0.2) is 14.2 Å². The van der Waals surface area contributed by atoms with Gasteiger partial charge in [0.1, 0.15) is 11.6 Å². The fourth-order valence-corrected chi connectivity index (χ4v) is 3.04. The fraction of sp³-hybridized carbons (Fsp3) is 0.0909. The Morgan fingerprint density at radius 2 is 1.84 bits per heavy atom. The largest absolute Gasteiger partial charge is 0.439 e. The third-order valence-electron chi connectivity index (χ3n) is 4.52. The van der Waals surface area contributed by atoms with Crippen molar-refractivity contribution in [3.05, 3.63) is 93.5 Å². The molecule has 0 aliphatic heterocycles. The van der Waals surface area contributed by atoms with Gasteiger partial charge in [0.05, 0.1) is 22.8 Å². The second-order valence-corrected chi connectivity index (χ2v) is 6.67. The molecule has 0 aliphatic carbocycles. The number of fused-ring (bicyclic) bond motifs is 1. The maximum absolute atomic E-state index is 12.9. The highest BCUT2D eigenvalue weighted by atomic mass is 19.1. The minimum Gasteiger partial charge on any atom is -0.439 e. The molecule has 0 bridgehead atoms. The molecule has 4 aromatic rings. The van der Waals surface area contributed by atoms with Gasteiger partial charge in [-0.3, -0.25) is 19.1 Å². The molecule has 0 aliphatic rings. The van der Waals surface area contributed by atoms with Crippen LogP contribution in [0.2, 0.25) is 0 Å². The van der Waals surface area contributed by atoms with Crippen molar-refractivity contribution in [3.8, 4) is 11.6 Å². The number of hydrogen-bond acceptors (Lipinski definition) is 5. The standard InChI is InChI=1S/C22H17FN4O4/c23-14-5-8-16(9-6-14)31-20-10-7-15(13-24-20)25-19(28)11-12-27-18-4-2-1-3-17(18)21(29)26-22(27)30/h1-10,13H,11-12H2,(H,25,28)(H,26,29,30). The van der Waals surface area contributed by atoms with Gasteiger partial charge in [-0.05, 0) is 42.5 Å². The molecule has 1 amide bonds. The zero-order chi connectivity index (χ0) is 21.8. The summed E-state index contributed by atoms with van der Waals surface area (Å²) in [5, 5.41) is 3.07. The van der Waals surface area contributed by atoms with E-state index in [0.717, 1.165) is 0 Å². The van der Waals surface area contributed by atoms with Gasteiger partial charge in [0.2, 0.25) is 11.8 Å². The van der Waals surface area contributed by atoms with Crippen LogP contribution in [0.5, 0.6) is 11.6 Å². The van der Waals surface area contributed by atoms with Crippen LogP contribution in [-0.2, 0) is 11.3 Å². The number of carbonyl (C=O) groups excluding carboxylic acids is 1. The Labute approximate surface area is 175 Å². The summed E-state index contributed by atoms with van der Waals surface area (Å²) in [6, 6.07) is 15.4. The molecule has 0 spiro atoms. The van der Waals surface area contributed by atoms with Crippen LogP contribution in [0.1, 0.15) is 6.42 Å². The number of benzene rings is 2. The highest BCUT2D eigenvalue weighted by Crippen LogP contribution is 2.20. The zero-order valence-corrected chi connectivity index (χ0v) is 16.2. The molecule has 0 saturated carbocycles. The average Bonchev–Trinajstić information content (AvgIpc) is 2.76. The van der Waals surface area contributed by atoms with Crippen molar-refractivity contribution in [1.29, 1.82) is 0 Å². The summed E-state index contributed by atoms with van der Waals surface area (Å²) in [5.74, 6) is 0.0341. The van der Waals surface area contributed by atoms with Crippen LogP contribution in [0.3, 0.4) is 0 Å². The lowest BCUT2D eigenvalue weighted by molar-refractivity contribution is -0.116. The molecule has 0 atom stereocenters. The maximum atomic E-state index is 12.9. The monoisotopic (exact) mass is 420 g/mol. The predicted octanol–water partition coefficient (Wildman–Crippen LogP) is 3.04. The number of para-hydroxylation sites is 1. The molecular weight excluding hydrogens is 403 g/mol. The van der Waals surface area contributed by atoms with Gasteiger partial charge in [0, 0.05) is 19.0 Å². The number of pyridine rings is 1. The number of ether oxygens (including phenoxy) is 1. The number of carbonyl (C=O) groups is 1. The van der Waals surface area contributed by atoms with Crippen LogP contribution < -0.4 is 21.3 Å². The predicted molar refractivity (Wildman–Crippen MR) is 113 cm³/mol. The fourth-order valence-electron chi connectivity index (χ4n) is 3.04. The summed E-state index contributed by atoms with van der Waals surface area (Å²) in [7, 11) is 0. The van der Waals surface area contributed by atoms with Crippen LogP contribution in [0, 0.1) is 5.82 Å². The van der Waals surface area contributed by atoms with Crippen molar-refractivity contribution in [2.75, 3.05) is 5.32 Å². The van der Waals surface area contributed by atoms with E-state index < -0.39 is 11.2 Å². The number of H-pyrrole nitrogens is 1. The van der Waals surface area contributed by atoms with Gasteiger partial charge < -0.3 is 10.1 Å². The number of aromatic nitrogens is 3. The Hall–Kier alpha value is -4.27. The molecule has 0 fully saturated rings. The van der Waals surface area contributed by atoms with E-state index in [2.05, 4.69) is 15.3 Å². The normalized spacial score (nSPS) is 10.7. The first-order chi connectivity index (χ1) is 15.0. The number of nitrogens with one attached hydrogen (secondary N) is 2. The van der Waals surface area contributed by atoms with Crippen LogP contribution in [0.25, 0.3) is 10.9 Å². The van der Waals surface area contributed by atoms with Crippen molar-refractivity contribution in [2.45, 2.75) is 13.0 Å². The number of aromatic amines is 1. The van der Waals surface area contributed by atoms with E-state index in [1.54, 1.807) is 36.4 Å². The van der Waals surface area contributed by atoms with Crippen LogP contribution >= 0.6 is 0 Å². The zero-order valence-electron chi connectivity index (χ0n) is 16.2. The number of rotatable bonds is 6. The first-order valence-electron chi connectivity index (χ1n) is 9.41. The Balaban J connectivity index is 1.39. The van der Waals surface area contributed by atoms with E-state index in [1.165, 1.54) is 35.0 Å². The lowest BCUT2D eigenvalue weighted by atomic mass is 10.2. The second kappa shape index (κ2) is 8.62. The second-order valence-electron chi connectivity index (χ2n) is 6.67. The summed E-state index contributed by atoms with van der Waals surface area (Å²) < 4.78 is 19.8. The van der Waals surface area contributed by atoms with Crippen molar-refractivity contribution in [1.82, 2.24) is 14.5 Å². The Morgan fingerprint density at radius 1 is 1.06 bits per heavy atom. The van der Waals surface area contributed by atoms with Gasteiger partial charge in [-0.1, -0.05) is 12.1 Å². The van der Waals surface area contributed by atoms with Crippen LogP contribution in [0.4, 0.5) is 10.1 Å². The van der Waals surface area contributed by atoms with E-state index >= 15 is 0 Å². The number of halogens is 1. The lowest BCUT2D eigenvalue weighted by Crippen LogP contribution is -2.31. The first kappa shape index (κ1) is 20.0. The first-order valence-corrected chi connectivity index (χ1v) is 9.41. The SMILES string of the molecule is O=C(CCn1c(=O)[nH]c(=O)c2ccccc21)Nc1ccc(Oc2ccc(F)cc2)nc1. The Bertz CT molecular complexity index is 1350. The minimum absolute atomic E-state index is 0.0176. The summed E-state index contributed by atoms with van der Waals surface area (Å²) in [4.78, 5) is 42.8. The number of aryl methyl sites for hydroxylation is 1. The van der Waals surface area contributed by atoms with Gasteiger partial charge >= 0.3 is 5.69 Å². The molecule has 2 aromatic heterocycles. The molecule has 156 valence electrons. The smallest absolute Gasteiger partial charge is 0.328 e. The van der Waals surface area contributed by atoms with E-state index in [9.17, 15) is 18.8 Å². The Kier molecular flexibility index (Phi) is 5.57. The topological polar surface area (TPSA) is 106 Å². The number of hydrogen-bond donors (Lipinski definition) is 2. The number of nitrogens with zero attached hydrogens (tertiary/aromatic N) is 2. The third-order valence-corrected chi connectivity index (χ3v) is 4.52. The molecule has 2 aromatic carbocycles. The highest BCUT2D eigenvalue weighted by molar-refractivity contribution is 5.90. The van der Waals surface area contributed by atoms with E-state index in [-0.39, 0.29) is 30.6 Å². The molecule has 0 saturated heterocycles. The van der Waals surface area contributed by atoms with Crippen molar-refractivity contribution < 1.29 is 13.9 Å². The summed E-state index contributed by atoms with van der Waals surface area (Å²) >= 11 is 0. The molecule has 4 rings (SSSR count). The molecule has 0 unspecified atom stereocenters. The third kappa shape index (κ3) is 4.67.